The lowest BCUT2D eigenvalue weighted by molar-refractivity contribution is 0.00955. The molecule has 1 aliphatic heterocycles. The summed E-state index contributed by atoms with van der Waals surface area (Å²) < 4.78 is 5.41. The molecule has 0 spiro atoms. The number of anilines is 1. The zero-order chi connectivity index (χ0) is 15.2. The molecule has 0 aromatic carbocycles. The lowest BCUT2D eigenvalue weighted by atomic mass is 10.0. The molecule has 1 unspecified atom stereocenters. The minimum atomic E-state index is -0.507. The van der Waals surface area contributed by atoms with Crippen LogP contribution in [0.2, 0.25) is 0 Å². The van der Waals surface area contributed by atoms with Crippen LogP contribution in [0.25, 0.3) is 0 Å². The standard InChI is InChI=1S/C15H24N4O2/c1-11(2)14(19-5-7-21-8-6-19)10-18-12-3-4-17-13(9-12)15(16)20/h3-4,9,11,14H,5-8,10H2,1-2H3,(H2,16,20)(H,17,18). The number of nitrogens with one attached hydrogen (secondary N) is 1. The fourth-order valence-electron chi connectivity index (χ4n) is 2.59. The van der Waals surface area contributed by atoms with Gasteiger partial charge in [0.05, 0.1) is 13.2 Å². The Hall–Kier alpha value is -1.66. The number of aromatic nitrogens is 1. The number of carbonyl (C=O) groups excluding carboxylic acids is 1. The average molecular weight is 292 g/mol. The van der Waals surface area contributed by atoms with Gasteiger partial charge < -0.3 is 15.8 Å². The van der Waals surface area contributed by atoms with Gasteiger partial charge in [-0.05, 0) is 18.1 Å². The normalized spacial score (nSPS) is 17.7. The van der Waals surface area contributed by atoms with Crippen LogP contribution < -0.4 is 11.1 Å². The highest BCUT2D eigenvalue weighted by Crippen LogP contribution is 2.15. The number of primary amides is 1. The van der Waals surface area contributed by atoms with Crippen LogP contribution in [0.4, 0.5) is 5.69 Å². The zero-order valence-corrected chi connectivity index (χ0v) is 12.7. The molecule has 1 saturated heterocycles. The molecule has 6 nitrogen and oxygen atoms in total. The highest BCUT2D eigenvalue weighted by molar-refractivity contribution is 5.91. The number of pyridine rings is 1. The summed E-state index contributed by atoms with van der Waals surface area (Å²) in [5.41, 5.74) is 6.41. The number of hydrogen-bond donors (Lipinski definition) is 2. The molecule has 0 radical (unpaired) electrons. The summed E-state index contributed by atoms with van der Waals surface area (Å²) in [6.45, 7) is 8.79. The molecule has 2 rings (SSSR count). The van der Waals surface area contributed by atoms with E-state index in [0.29, 0.717) is 12.0 Å². The van der Waals surface area contributed by atoms with Crippen molar-refractivity contribution in [3.63, 3.8) is 0 Å². The quantitative estimate of drug-likeness (QED) is 0.816. The third-order valence-corrected chi connectivity index (χ3v) is 3.81. The molecule has 1 amide bonds. The average Bonchev–Trinajstić information content (AvgIpc) is 2.48. The fraction of sp³-hybridized carbons (Fsp3) is 0.600. The molecule has 116 valence electrons. The number of rotatable bonds is 6. The van der Waals surface area contributed by atoms with Gasteiger partial charge in [0.25, 0.3) is 5.91 Å². The Morgan fingerprint density at radius 3 is 2.81 bits per heavy atom. The van der Waals surface area contributed by atoms with Crippen LogP contribution in [0.15, 0.2) is 18.3 Å². The fourth-order valence-corrected chi connectivity index (χ4v) is 2.59. The summed E-state index contributed by atoms with van der Waals surface area (Å²) in [5, 5.41) is 3.39. The van der Waals surface area contributed by atoms with E-state index in [-0.39, 0.29) is 5.69 Å². The van der Waals surface area contributed by atoms with Gasteiger partial charge in [0.2, 0.25) is 0 Å². The number of hydrogen-bond acceptors (Lipinski definition) is 5. The van der Waals surface area contributed by atoms with Crippen LogP contribution >= 0.6 is 0 Å². The molecule has 0 aliphatic carbocycles. The zero-order valence-electron chi connectivity index (χ0n) is 12.7. The third-order valence-electron chi connectivity index (χ3n) is 3.81. The summed E-state index contributed by atoms with van der Waals surface area (Å²) in [6.07, 6.45) is 1.60. The number of amides is 1. The highest BCUT2D eigenvalue weighted by Gasteiger charge is 2.23. The monoisotopic (exact) mass is 292 g/mol. The number of nitrogens with two attached hydrogens (primary N) is 1. The van der Waals surface area contributed by atoms with E-state index in [9.17, 15) is 4.79 Å². The van der Waals surface area contributed by atoms with Crippen molar-refractivity contribution in [2.75, 3.05) is 38.2 Å². The molecule has 1 aromatic rings. The molecule has 3 N–H and O–H groups in total. The van der Waals surface area contributed by atoms with Crippen LogP contribution in [-0.4, -0.2) is 54.7 Å². The van der Waals surface area contributed by atoms with Gasteiger partial charge in [-0.1, -0.05) is 13.8 Å². The highest BCUT2D eigenvalue weighted by atomic mass is 16.5. The summed E-state index contributed by atoms with van der Waals surface area (Å²) in [5.74, 6) is 0.0280. The number of ether oxygens (including phenoxy) is 1. The van der Waals surface area contributed by atoms with Gasteiger partial charge in [0.15, 0.2) is 0 Å². The van der Waals surface area contributed by atoms with E-state index in [1.54, 1.807) is 12.3 Å². The van der Waals surface area contributed by atoms with Gasteiger partial charge in [-0.2, -0.15) is 0 Å². The number of carbonyl (C=O) groups is 1. The van der Waals surface area contributed by atoms with E-state index in [1.807, 2.05) is 6.07 Å². The van der Waals surface area contributed by atoms with Crippen molar-refractivity contribution in [1.82, 2.24) is 9.88 Å². The Bertz CT molecular complexity index is 472. The molecule has 2 heterocycles. The molecule has 0 bridgehead atoms. The second-order valence-electron chi connectivity index (χ2n) is 5.63. The molecule has 1 fully saturated rings. The van der Waals surface area contributed by atoms with Crippen LogP contribution in [0.5, 0.6) is 0 Å². The maximum atomic E-state index is 11.2. The molecule has 6 heteroatoms. The minimum Gasteiger partial charge on any atom is -0.383 e. The third kappa shape index (κ3) is 4.41. The van der Waals surface area contributed by atoms with Crippen molar-refractivity contribution in [1.29, 1.82) is 0 Å². The van der Waals surface area contributed by atoms with Gasteiger partial charge in [-0.25, -0.2) is 0 Å². The van der Waals surface area contributed by atoms with E-state index in [2.05, 4.69) is 29.0 Å². The summed E-state index contributed by atoms with van der Waals surface area (Å²) >= 11 is 0. The van der Waals surface area contributed by atoms with Gasteiger partial charge in [0, 0.05) is 37.6 Å². The number of morpholine rings is 1. The Labute approximate surface area is 125 Å². The molecule has 0 saturated carbocycles. The van der Waals surface area contributed by atoms with Gasteiger partial charge in [-0.15, -0.1) is 0 Å². The van der Waals surface area contributed by atoms with E-state index >= 15 is 0 Å². The second-order valence-corrected chi connectivity index (χ2v) is 5.63. The van der Waals surface area contributed by atoms with E-state index in [1.165, 1.54) is 0 Å². The van der Waals surface area contributed by atoms with Crippen LogP contribution in [0.1, 0.15) is 24.3 Å². The summed E-state index contributed by atoms with van der Waals surface area (Å²) in [4.78, 5) is 17.6. The Kier molecular flexibility index (Phi) is 5.52. The lowest BCUT2D eigenvalue weighted by Crippen LogP contribution is -2.49. The van der Waals surface area contributed by atoms with Crippen LogP contribution in [-0.2, 0) is 4.74 Å². The first-order valence-electron chi connectivity index (χ1n) is 7.39. The Balaban J connectivity index is 1.98. The SMILES string of the molecule is CC(C)C(CNc1ccnc(C(N)=O)c1)N1CCOCC1. The van der Waals surface area contributed by atoms with Gasteiger partial charge >= 0.3 is 0 Å². The Morgan fingerprint density at radius 2 is 2.19 bits per heavy atom. The predicted octanol–water partition coefficient (Wildman–Crippen LogP) is 0.949. The van der Waals surface area contributed by atoms with Crippen molar-refractivity contribution >= 4 is 11.6 Å². The first-order chi connectivity index (χ1) is 10.1. The molecular weight excluding hydrogens is 268 g/mol. The van der Waals surface area contributed by atoms with E-state index < -0.39 is 5.91 Å². The molecule has 1 aliphatic rings. The van der Waals surface area contributed by atoms with Crippen molar-refractivity contribution in [3.05, 3.63) is 24.0 Å². The topological polar surface area (TPSA) is 80.5 Å². The first kappa shape index (κ1) is 15.7. The van der Waals surface area contributed by atoms with Crippen molar-refractivity contribution in [3.8, 4) is 0 Å². The van der Waals surface area contributed by atoms with Crippen molar-refractivity contribution in [2.45, 2.75) is 19.9 Å². The lowest BCUT2D eigenvalue weighted by Gasteiger charge is -2.37. The van der Waals surface area contributed by atoms with Crippen molar-refractivity contribution in [2.24, 2.45) is 11.7 Å². The molecule has 1 atom stereocenters. The maximum absolute atomic E-state index is 11.2. The maximum Gasteiger partial charge on any atom is 0.267 e. The molecule has 21 heavy (non-hydrogen) atoms. The first-order valence-corrected chi connectivity index (χ1v) is 7.39. The second kappa shape index (κ2) is 7.38. The molecular formula is C15H24N4O2. The van der Waals surface area contributed by atoms with Gasteiger partial charge in [-0.3, -0.25) is 14.7 Å². The summed E-state index contributed by atoms with van der Waals surface area (Å²) in [7, 11) is 0. The van der Waals surface area contributed by atoms with Gasteiger partial charge in [0.1, 0.15) is 5.69 Å². The minimum absolute atomic E-state index is 0.285. The van der Waals surface area contributed by atoms with E-state index in [0.717, 1.165) is 38.5 Å². The predicted molar refractivity (Wildman–Crippen MR) is 82.3 cm³/mol. The van der Waals surface area contributed by atoms with Crippen LogP contribution in [0, 0.1) is 5.92 Å². The number of nitrogens with zero attached hydrogens (tertiary/aromatic N) is 2. The summed E-state index contributed by atoms with van der Waals surface area (Å²) in [6, 6.07) is 3.97. The molecule has 1 aromatic heterocycles. The van der Waals surface area contributed by atoms with E-state index in [4.69, 9.17) is 10.5 Å². The Morgan fingerprint density at radius 1 is 1.48 bits per heavy atom. The van der Waals surface area contributed by atoms with Crippen molar-refractivity contribution < 1.29 is 9.53 Å². The largest absolute Gasteiger partial charge is 0.383 e. The van der Waals surface area contributed by atoms with Crippen LogP contribution in [0.3, 0.4) is 0 Å². The smallest absolute Gasteiger partial charge is 0.267 e.